The molecule has 0 unspecified atom stereocenters. The van der Waals surface area contributed by atoms with E-state index in [0.717, 1.165) is 0 Å². The van der Waals surface area contributed by atoms with Crippen molar-refractivity contribution in [1.82, 2.24) is 4.90 Å². The van der Waals surface area contributed by atoms with Gasteiger partial charge >= 0.3 is 5.97 Å². The normalized spacial score (nSPS) is 19.1. The summed E-state index contributed by atoms with van der Waals surface area (Å²) in [5.41, 5.74) is 0. The fraction of sp³-hybridized carbons (Fsp3) is 0.467. The van der Waals surface area contributed by atoms with Crippen LogP contribution in [0.4, 0.5) is 0 Å². The highest BCUT2D eigenvalue weighted by atomic mass is 32.2. The quantitative estimate of drug-likeness (QED) is 0.689. The SMILES string of the molecule is CN(C(=O)COC(=O)COc1ccccc1)[C@@H]1CCS(=O)(=O)C1. The highest BCUT2D eigenvalue weighted by molar-refractivity contribution is 7.91. The Morgan fingerprint density at radius 3 is 2.52 bits per heavy atom. The predicted molar refractivity (Wildman–Crippen MR) is 82.7 cm³/mol. The van der Waals surface area contributed by atoms with Crippen LogP contribution in [0.15, 0.2) is 30.3 Å². The number of carbonyl (C=O) groups excluding carboxylic acids is 2. The maximum absolute atomic E-state index is 11.9. The summed E-state index contributed by atoms with van der Waals surface area (Å²) in [5.74, 6) is -0.515. The van der Waals surface area contributed by atoms with E-state index in [1.165, 1.54) is 11.9 Å². The molecule has 1 aliphatic heterocycles. The molecule has 1 aromatic rings. The lowest BCUT2D eigenvalue weighted by Crippen LogP contribution is -2.40. The number of hydrogen-bond donors (Lipinski definition) is 0. The van der Waals surface area contributed by atoms with E-state index in [9.17, 15) is 18.0 Å². The molecule has 0 saturated carbocycles. The van der Waals surface area contributed by atoms with Crippen molar-refractivity contribution in [3.05, 3.63) is 30.3 Å². The Morgan fingerprint density at radius 1 is 1.22 bits per heavy atom. The summed E-state index contributed by atoms with van der Waals surface area (Å²) in [6, 6.07) is 8.41. The summed E-state index contributed by atoms with van der Waals surface area (Å²) in [4.78, 5) is 24.8. The largest absolute Gasteiger partial charge is 0.482 e. The summed E-state index contributed by atoms with van der Waals surface area (Å²) < 4.78 is 32.9. The number of esters is 1. The van der Waals surface area contributed by atoms with Gasteiger partial charge in [-0.3, -0.25) is 4.79 Å². The van der Waals surface area contributed by atoms with Crippen LogP contribution >= 0.6 is 0 Å². The lowest BCUT2D eigenvalue weighted by molar-refractivity contribution is -0.153. The molecule has 1 amide bonds. The van der Waals surface area contributed by atoms with Crippen molar-refractivity contribution in [2.75, 3.05) is 31.8 Å². The average molecular weight is 341 g/mol. The van der Waals surface area contributed by atoms with Crippen molar-refractivity contribution in [1.29, 1.82) is 0 Å². The molecular formula is C15H19NO6S. The number of amides is 1. The monoisotopic (exact) mass is 341 g/mol. The fourth-order valence-electron chi connectivity index (χ4n) is 2.23. The minimum absolute atomic E-state index is 0.0414. The van der Waals surface area contributed by atoms with Crippen molar-refractivity contribution in [2.45, 2.75) is 12.5 Å². The minimum Gasteiger partial charge on any atom is -0.482 e. The van der Waals surface area contributed by atoms with Crippen molar-refractivity contribution in [3.63, 3.8) is 0 Å². The third-order valence-electron chi connectivity index (χ3n) is 3.61. The lowest BCUT2D eigenvalue weighted by atomic mass is 10.2. The van der Waals surface area contributed by atoms with Gasteiger partial charge in [0, 0.05) is 13.1 Å². The number of likely N-dealkylation sites (N-methyl/N-ethyl adjacent to an activating group) is 1. The van der Waals surface area contributed by atoms with Gasteiger partial charge in [-0.2, -0.15) is 0 Å². The topological polar surface area (TPSA) is 90.0 Å². The zero-order valence-electron chi connectivity index (χ0n) is 12.8. The van der Waals surface area contributed by atoms with Crippen molar-refractivity contribution < 1.29 is 27.5 Å². The Labute approximate surface area is 135 Å². The van der Waals surface area contributed by atoms with Crippen LogP contribution in [0.2, 0.25) is 0 Å². The fourth-order valence-corrected chi connectivity index (χ4v) is 4.00. The average Bonchev–Trinajstić information content (AvgIpc) is 2.90. The van der Waals surface area contributed by atoms with E-state index < -0.39 is 28.3 Å². The number of rotatable bonds is 6. The number of benzene rings is 1. The summed E-state index contributed by atoms with van der Waals surface area (Å²) in [7, 11) is -1.55. The molecule has 0 aromatic heterocycles. The Kier molecular flexibility index (Phi) is 5.59. The van der Waals surface area contributed by atoms with Crippen LogP contribution in [0, 0.1) is 0 Å². The number of para-hydroxylation sites is 1. The molecule has 1 saturated heterocycles. The molecule has 7 nitrogen and oxygen atoms in total. The van der Waals surface area contributed by atoms with Crippen LogP contribution in [-0.4, -0.2) is 63.0 Å². The Bertz CT molecular complexity index is 658. The molecule has 1 fully saturated rings. The molecule has 0 aliphatic carbocycles. The first-order valence-electron chi connectivity index (χ1n) is 7.17. The molecule has 0 N–H and O–H groups in total. The third kappa shape index (κ3) is 5.24. The summed E-state index contributed by atoms with van der Waals surface area (Å²) >= 11 is 0. The van der Waals surface area contributed by atoms with Crippen LogP contribution in [-0.2, 0) is 24.2 Å². The van der Waals surface area contributed by atoms with Crippen molar-refractivity contribution >= 4 is 21.7 Å². The van der Waals surface area contributed by atoms with Crippen molar-refractivity contribution in [3.8, 4) is 5.75 Å². The Hall–Kier alpha value is -2.09. The second-order valence-corrected chi connectivity index (χ2v) is 7.55. The molecular weight excluding hydrogens is 322 g/mol. The number of nitrogens with zero attached hydrogens (tertiary/aromatic N) is 1. The van der Waals surface area contributed by atoms with Crippen LogP contribution in [0.25, 0.3) is 0 Å². The van der Waals surface area contributed by atoms with Gasteiger partial charge < -0.3 is 14.4 Å². The van der Waals surface area contributed by atoms with E-state index in [0.29, 0.717) is 12.2 Å². The molecule has 1 atom stereocenters. The molecule has 0 spiro atoms. The molecule has 126 valence electrons. The molecule has 0 bridgehead atoms. The molecule has 1 aromatic carbocycles. The first-order valence-corrected chi connectivity index (χ1v) is 8.99. The Morgan fingerprint density at radius 2 is 1.91 bits per heavy atom. The van der Waals surface area contributed by atoms with Crippen LogP contribution in [0.1, 0.15) is 6.42 Å². The highest BCUT2D eigenvalue weighted by Crippen LogP contribution is 2.16. The van der Waals surface area contributed by atoms with E-state index in [1.807, 2.05) is 6.07 Å². The van der Waals surface area contributed by atoms with Crippen LogP contribution in [0.5, 0.6) is 5.75 Å². The molecule has 0 radical (unpaired) electrons. The Balaban J connectivity index is 1.72. The third-order valence-corrected chi connectivity index (χ3v) is 5.36. The van der Waals surface area contributed by atoms with Gasteiger partial charge in [0.2, 0.25) is 0 Å². The summed E-state index contributed by atoms with van der Waals surface area (Å²) in [5, 5.41) is 0. The standard InChI is InChI=1S/C15H19NO6S/c1-16(12-7-8-23(19,20)11-12)14(17)9-22-15(18)10-21-13-5-3-2-4-6-13/h2-6,12H,7-11H2,1H3/t12-/m1/s1. The van der Waals surface area contributed by atoms with Crippen molar-refractivity contribution in [2.24, 2.45) is 0 Å². The number of carbonyl (C=O) groups is 2. The van der Waals surface area contributed by atoms with Crippen LogP contribution in [0.3, 0.4) is 0 Å². The first-order chi connectivity index (χ1) is 10.9. The maximum atomic E-state index is 11.9. The molecule has 2 rings (SSSR count). The number of sulfone groups is 1. The zero-order valence-corrected chi connectivity index (χ0v) is 13.6. The van der Waals surface area contributed by atoms with E-state index in [-0.39, 0.29) is 24.2 Å². The second-order valence-electron chi connectivity index (χ2n) is 5.32. The van der Waals surface area contributed by atoms with Crippen LogP contribution < -0.4 is 4.74 Å². The van der Waals surface area contributed by atoms with E-state index in [2.05, 4.69) is 0 Å². The smallest absolute Gasteiger partial charge is 0.344 e. The van der Waals surface area contributed by atoms with Gasteiger partial charge in [0.15, 0.2) is 23.1 Å². The van der Waals surface area contributed by atoms with E-state index >= 15 is 0 Å². The zero-order chi connectivity index (χ0) is 16.9. The van der Waals surface area contributed by atoms with Gasteiger partial charge in [0.05, 0.1) is 11.5 Å². The number of ether oxygens (including phenoxy) is 2. The summed E-state index contributed by atoms with van der Waals surface area (Å²) in [6.45, 7) is -0.719. The lowest BCUT2D eigenvalue weighted by Gasteiger charge is -2.23. The molecule has 23 heavy (non-hydrogen) atoms. The second kappa shape index (κ2) is 7.45. The molecule has 8 heteroatoms. The van der Waals surface area contributed by atoms with Gasteiger partial charge in [-0.1, -0.05) is 18.2 Å². The van der Waals surface area contributed by atoms with E-state index in [4.69, 9.17) is 9.47 Å². The predicted octanol–water partition coefficient (Wildman–Crippen LogP) is 0.254. The summed E-state index contributed by atoms with van der Waals surface area (Å²) in [6.07, 6.45) is 0.412. The first kappa shape index (κ1) is 17.3. The van der Waals surface area contributed by atoms with Gasteiger partial charge in [-0.05, 0) is 18.6 Å². The van der Waals surface area contributed by atoms with Gasteiger partial charge in [-0.25, -0.2) is 13.2 Å². The molecule has 1 aliphatic rings. The number of hydrogen-bond acceptors (Lipinski definition) is 6. The van der Waals surface area contributed by atoms with Gasteiger partial charge in [0.1, 0.15) is 5.75 Å². The maximum Gasteiger partial charge on any atom is 0.344 e. The van der Waals surface area contributed by atoms with E-state index in [1.54, 1.807) is 24.3 Å². The highest BCUT2D eigenvalue weighted by Gasteiger charge is 2.32. The minimum atomic E-state index is -3.07. The molecule has 1 heterocycles. The van der Waals surface area contributed by atoms with Gasteiger partial charge in [0.25, 0.3) is 5.91 Å². The van der Waals surface area contributed by atoms with Gasteiger partial charge in [-0.15, -0.1) is 0 Å².